The lowest BCUT2D eigenvalue weighted by Crippen LogP contribution is -2.09. The van der Waals surface area contributed by atoms with Gasteiger partial charge in [0, 0.05) is 23.9 Å². The Labute approximate surface area is 278 Å². The number of benzene rings is 3. The monoisotopic (exact) mass is 670 g/mol. The van der Waals surface area contributed by atoms with Crippen LogP contribution < -0.4 is 20.9 Å². The van der Waals surface area contributed by atoms with Crippen LogP contribution in [0.2, 0.25) is 0 Å². The summed E-state index contributed by atoms with van der Waals surface area (Å²) in [4.78, 5) is 36.6. The average Bonchev–Trinajstić information content (AvgIpc) is 3.04. The van der Waals surface area contributed by atoms with Crippen molar-refractivity contribution in [3.05, 3.63) is 89.5 Å². The normalized spacial score (nSPS) is 11.3. The lowest BCUT2D eigenvalue weighted by atomic mass is 10.1. The SMILES string of the molecule is Nc1cc(N)cc(C(=O)OCCCCCCCCOC(=O)/C=C/c2ccc(OC(=O)c3ccc(OCCCCC(F)(F)F)cc3)cc2)c1. The van der Waals surface area contributed by atoms with Crippen molar-refractivity contribution in [2.45, 2.75) is 64.0 Å². The molecule has 9 nitrogen and oxygen atoms in total. The maximum atomic E-state index is 12.5. The van der Waals surface area contributed by atoms with Crippen molar-refractivity contribution >= 4 is 35.4 Å². The predicted molar refractivity (Wildman–Crippen MR) is 176 cm³/mol. The number of esters is 3. The zero-order valence-electron chi connectivity index (χ0n) is 26.6. The van der Waals surface area contributed by atoms with Crippen LogP contribution in [-0.2, 0) is 14.3 Å². The van der Waals surface area contributed by atoms with E-state index in [2.05, 4.69) is 0 Å². The zero-order valence-corrected chi connectivity index (χ0v) is 26.6. The van der Waals surface area contributed by atoms with E-state index in [1.54, 1.807) is 48.5 Å². The van der Waals surface area contributed by atoms with E-state index in [9.17, 15) is 27.6 Å². The number of carbonyl (C=O) groups is 3. The van der Waals surface area contributed by atoms with E-state index in [1.165, 1.54) is 30.3 Å². The molecular formula is C36H41F3N2O7. The van der Waals surface area contributed by atoms with Crippen LogP contribution in [0.25, 0.3) is 6.08 Å². The largest absolute Gasteiger partial charge is 0.494 e. The molecule has 0 radical (unpaired) electrons. The van der Waals surface area contributed by atoms with Gasteiger partial charge in [-0.05, 0) is 91.9 Å². The number of ether oxygens (including phenoxy) is 4. The van der Waals surface area contributed by atoms with Crippen molar-refractivity contribution in [1.29, 1.82) is 0 Å². The molecule has 4 N–H and O–H groups in total. The minimum atomic E-state index is -4.17. The number of hydrogen-bond donors (Lipinski definition) is 2. The molecule has 0 spiro atoms. The Morgan fingerprint density at radius 1 is 0.625 bits per heavy atom. The smallest absolute Gasteiger partial charge is 0.389 e. The van der Waals surface area contributed by atoms with Gasteiger partial charge in [0.2, 0.25) is 0 Å². The first kappa shape index (κ1) is 37.5. The van der Waals surface area contributed by atoms with Gasteiger partial charge in [0.15, 0.2) is 0 Å². The van der Waals surface area contributed by atoms with E-state index in [-0.39, 0.29) is 25.0 Å². The maximum Gasteiger partial charge on any atom is 0.389 e. The van der Waals surface area contributed by atoms with Gasteiger partial charge >= 0.3 is 24.1 Å². The highest BCUT2D eigenvalue weighted by molar-refractivity contribution is 5.92. The van der Waals surface area contributed by atoms with Crippen LogP contribution in [-0.4, -0.2) is 43.9 Å². The zero-order chi connectivity index (χ0) is 34.8. The number of hydrogen-bond acceptors (Lipinski definition) is 9. The number of halogens is 3. The lowest BCUT2D eigenvalue weighted by Gasteiger charge is -2.09. The van der Waals surface area contributed by atoms with Crippen molar-refractivity contribution in [3.63, 3.8) is 0 Å². The molecule has 258 valence electrons. The molecule has 0 bridgehead atoms. The van der Waals surface area contributed by atoms with E-state index in [0.29, 0.717) is 47.2 Å². The molecule has 48 heavy (non-hydrogen) atoms. The summed E-state index contributed by atoms with van der Waals surface area (Å²) < 4.78 is 57.9. The number of rotatable bonds is 19. The first-order chi connectivity index (χ1) is 23.0. The van der Waals surface area contributed by atoms with Crippen molar-refractivity contribution in [3.8, 4) is 11.5 Å². The summed E-state index contributed by atoms with van der Waals surface area (Å²) in [5, 5.41) is 0. The highest BCUT2D eigenvalue weighted by Crippen LogP contribution is 2.23. The van der Waals surface area contributed by atoms with Gasteiger partial charge in [0.25, 0.3) is 0 Å². The van der Waals surface area contributed by atoms with Crippen molar-refractivity contribution in [1.82, 2.24) is 0 Å². The Morgan fingerprint density at radius 2 is 1.19 bits per heavy atom. The molecule has 0 saturated heterocycles. The van der Waals surface area contributed by atoms with Gasteiger partial charge in [-0.3, -0.25) is 0 Å². The number of carbonyl (C=O) groups excluding carboxylic acids is 3. The molecule has 0 aliphatic heterocycles. The molecule has 3 aromatic carbocycles. The number of alkyl halides is 3. The maximum absolute atomic E-state index is 12.5. The minimum Gasteiger partial charge on any atom is -0.494 e. The van der Waals surface area contributed by atoms with E-state index < -0.39 is 30.5 Å². The molecule has 0 heterocycles. The molecule has 0 atom stereocenters. The third kappa shape index (κ3) is 15.1. The molecule has 12 heteroatoms. The van der Waals surface area contributed by atoms with Gasteiger partial charge in [-0.25, -0.2) is 14.4 Å². The van der Waals surface area contributed by atoms with Crippen molar-refractivity contribution < 1.29 is 46.5 Å². The molecule has 3 aromatic rings. The highest BCUT2D eigenvalue weighted by Gasteiger charge is 2.25. The van der Waals surface area contributed by atoms with Crippen molar-refractivity contribution in [2.24, 2.45) is 0 Å². The Hall–Kier alpha value is -5.00. The summed E-state index contributed by atoms with van der Waals surface area (Å²) in [6, 6.07) is 17.4. The van der Waals surface area contributed by atoms with E-state index >= 15 is 0 Å². The number of nitrogens with two attached hydrogens (primary N) is 2. The summed E-state index contributed by atoms with van der Waals surface area (Å²) in [7, 11) is 0. The van der Waals surface area contributed by atoms with Gasteiger partial charge in [0.1, 0.15) is 11.5 Å². The predicted octanol–water partition coefficient (Wildman–Crippen LogP) is 7.94. The average molecular weight is 671 g/mol. The molecule has 0 unspecified atom stereocenters. The number of unbranched alkanes of at least 4 members (excludes halogenated alkanes) is 6. The summed E-state index contributed by atoms with van der Waals surface area (Å²) in [5.41, 5.74) is 13.6. The van der Waals surface area contributed by atoms with Crippen LogP contribution >= 0.6 is 0 Å². The van der Waals surface area contributed by atoms with Crippen molar-refractivity contribution in [2.75, 3.05) is 31.3 Å². The Bertz CT molecular complexity index is 1470. The van der Waals surface area contributed by atoms with E-state index in [4.69, 9.17) is 30.4 Å². The number of anilines is 2. The van der Waals surface area contributed by atoms with Crippen LogP contribution in [0, 0.1) is 0 Å². The summed E-state index contributed by atoms with van der Waals surface area (Å²) in [6.07, 6.45) is 3.44. The van der Waals surface area contributed by atoms with Gasteiger partial charge < -0.3 is 30.4 Å². The molecule has 0 aliphatic carbocycles. The Balaban J connectivity index is 1.23. The number of nitrogen functional groups attached to an aromatic ring is 2. The highest BCUT2D eigenvalue weighted by atomic mass is 19.4. The van der Waals surface area contributed by atoms with Crippen LogP contribution in [0.1, 0.15) is 84.1 Å². The minimum absolute atomic E-state index is 0.01000. The second-order valence-corrected chi connectivity index (χ2v) is 11.1. The summed E-state index contributed by atoms with van der Waals surface area (Å²) in [6.45, 7) is 0.780. The molecule has 0 aromatic heterocycles. The van der Waals surface area contributed by atoms with Gasteiger partial charge in [0.05, 0.1) is 30.9 Å². The molecule has 3 rings (SSSR count). The third-order valence-corrected chi connectivity index (χ3v) is 6.95. The second kappa shape index (κ2) is 19.6. The molecule has 0 fully saturated rings. The second-order valence-electron chi connectivity index (χ2n) is 11.1. The Kier molecular flexibility index (Phi) is 15.3. The lowest BCUT2D eigenvalue weighted by molar-refractivity contribution is -0.138. The van der Waals surface area contributed by atoms with E-state index in [1.807, 2.05) is 0 Å². The summed E-state index contributed by atoms with van der Waals surface area (Å²) in [5.74, 6) is -0.725. The fraction of sp³-hybridized carbons (Fsp3) is 0.361. The molecule has 0 aliphatic rings. The fourth-order valence-electron chi connectivity index (χ4n) is 4.46. The standard InChI is InChI=1S/C36H41F3N2O7/c37-36(38,39)19-5-8-20-45-31-16-12-27(13-17-31)35(44)48-32-14-9-26(10-15-32)11-18-33(42)46-21-6-3-1-2-4-7-22-47-34(43)28-23-29(40)25-30(41)24-28/h9-18,23-25H,1-8,19-22,40-41H2/b18-11+. The summed E-state index contributed by atoms with van der Waals surface area (Å²) >= 11 is 0. The first-order valence-electron chi connectivity index (χ1n) is 15.8. The van der Waals surface area contributed by atoms with Crippen LogP contribution in [0.4, 0.5) is 24.5 Å². The molecule has 0 saturated carbocycles. The first-order valence-corrected chi connectivity index (χ1v) is 15.8. The van der Waals surface area contributed by atoms with Gasteiger partial charge in [-0.1, -0.05) is 37.8 Å². The topological polar surface area (TPSA) is 140 Å². The Morgan fingerprint density at radius 3 is 1.81 bits per heavy atom. The van der Waals surface area contributed by atoms with Crippen LogP contribution in [0.15, 0.2) is 72.8 Å². The third-order valence-electron chi connectivity index (χ3n) is 6.95. The fourth-order valence-corrected chi connectivity index (χ4v) is 4.46. The van der Waals surface area contributed by atoms with Gasteiger partial charge in [-0.15, -0.1) is 0 Å². The quantitative estimate of drug-likeness (QED) is 0.0428. The molecule has 0 amide bonds. The van der Waals surface area contributed by atoms with Gasteiger partial charge in [-0.2, -0.15) is 13.2 Å². The van der Waals surface area contributed by atoms with Crippen LogP contribution in [0.5, 0.6) is 11.5 Å². The van der Waals surface area contributed by atoms with E-state index in [0.717, 1.165) is 38.5 Å². The molecular weight excluding hydrogens is 629 g/mol. The van der Waals surface area contributed by atoms with Crippen LogP contribution in [0.3, 0.4) is 0 Å².